The summed E-state index contributed by atoms with van der Waals surface area (Å²) in [7, 11) is 1.99. The van der Waals surface area contributed by atoms with E-state index in [4.69, 9.17) is 9.47 Å². The average molecular weight is 399 g/mol. The summed E-state index contributed by atoms with van der Waals surface area (Å²) in [5.74, 6) is 1.83. The first-order chi connectivity index (χ1) is 14.1. The van der Waals surface area contributed by atoms with Gasteiger partial charge in [-0.2, -0.15) is 0 Å². The molecular weight excluding hydrogens is 364 g/mol. The molecule has 0 saturated carbocycles. The summed E-state index contributed by atoms with van der Waals surface area (Å²) in [6, 6.07) is 9.19. The van der Waals surface area contributed by atoms with Crippen molar-refractivity contribution in [3.63, 3.8) is 0 Å². The SMILES string of the molecule is CC1CN(CC2CCCN2Cc2ccc(OCc3nccn3C)cc2)CC(C)O1. The second kappa shape index (κ2) is 9.28. The van der Waals surface area contributed by atoms with E-state index in [9.17, 15) is 0 Å². The highest BCUT2D eigenvalue weighted by Gasteiger charge is 2.29. The van der Waals surface area contributed by atoms with Gasteiger partial charge in [0.05, 0.1) is 12.2 Å². The Balaban J connectivity index is 1.29. The highest BCUT2D eigenvalue weighted by atomic mass is 16.5. The van der Waals surface area contributed by atoms with Gasteiger partial charge in [0.25, 0.3) is 0 Å². The fraction of sp³-hybridized carbons (Fsp3) is 0.609. The van der Waals surface area contributed by atoms with Crippen LogP contribution in [0.25, 0.3) is 0 Å². The molecule has 0 aliphatic carbocycles. The summed E-state index contributed by atoms with van der Waals surface area (Å²) in [6.45, 7) is 10.3. The van der Waals surface area contributed by atoms with Crippen molar-refractivity contribution in [2.24, 2.45) is 7.05 Å². The maximum Gasteiger partial charge on any atom is 0.146 e. The number of likely N-dealkylation sites (tertiary alicyclic amines) is 1. The van der Waals surface area contributed by atoms with Gasteiger partial charge in [-0.3, -0.25) is 9.80 Å². The highest BCUT2D eigenvalue weighted by molar-refractivity contribution is 5.27. The zero-order valence-electron chi connectivity index (χ0n) is 18.0. The Kier molecular flexibility index (Phi) is 6.53. The van der Waals surface area contributed by atoms with Crippen LogP contribution in [-0.2, 0) is 24.9 Å². The summed E-state index contributed by atoms with van der Waals surface area (Å²) < 4.78 is 13.8. The molecule has 4 rings (SSSR count). The van der Waals surface area contributed by atoms with E-state index in [2.05, 4.69) is 52.9 Å². The second-order valence-corrected chi connectivity index (χ2v) is 8.63. The van der Waals surface area contributed by atoms with E-state index in [1.807, 2.05) is 17.8 Å². The van der Waals surface area contributed by atoms with Crippen molar-refractivity contribution < 1.29 is 9.47 Å². The van der Waals surface area contributed by atoms with Crippen molar-refractivity contribution in [3.05, 3.63) is 48.0 Å². The third-order valence-corrected chi connectivity index (χ3v) is 6.06. The van der Waals surface area contributed by atoms with Crippen LogP contribution in [0.2, 0.25) is 0 Å². The molecule has 0 radical (unpaired) electrons. The standard InChI is InChI=1S/C23H34N4O2/c1-18-13-26(14-19(2)29-18)16-21-5-4-11-27(21)15-20-6-8-22(9-7-20)28-17-23-24-10-12-25(23)3/h6-10,12,18-19,21H,4-5,11,13-17H2,1-3H3. The molecule has 6 nitrogen and oxygen atoms in total. The number of rotatable bonds is 7. The van der Waals surface area contributed by atoms with Gasteiger partial charge in [-0.25, -0.2) is 4.98 Å². The average Bonchev–Trinajstić information content (AvgIpc) is 3.29. The predicted octanol–water partition coefficient (Wildman–Crippen LogP) is 3.07. The van der Waals surface area contributed by atoms with Crippen molar-refractivity contribution in [1.82, 2.24) is 19.4 Å². The van der Waals surface area contributed by atoms with Gasteiger partial charge < -0.3 is 14.0 Å². The Bertz CT molecular complexity index is 765. The van der Waals surface area contributed by atoms with Crippen LogP contribution in [0.3, 0.4) is 0 Å². The number of ether oxygens (including phenoxy) is 2. The van der Waals surface area contributed by atoms with Crippen LogP contribution in [0, 0.1) is 0 Å². The van der Waals surface area contributed by atoms with E-state index in [-0.39, 0.29) is 0 Å². The van der Waals surface area contributed by atoms with E-state index in [1.54, 1.807) is 6.20 Å². The maximum atomic E-state index is 5.89. The van der Waals surface area contributed by atoms with Crippen molar-refractivity contribution in [2.45, 2.75) is 58.1 Å². The molecule has 2 aliphatic rings. The van der Waals surface area contributed by atoms with Crippen molar-refractivity contribution in [2.75, 3.05) is 26.2 Å². The van der Waals surface area contributed by atoms with E-state index < -0.39 is 0 Å². The monoisotopic (exact) mass is 398 g/mol. The topological polar surface area (TPSA) is 42.8 Å². The van der Waals surface area contributed by atoms with Crippen LogP contribution in [0.4, 0.5) is 0 Å². The lowest BCUT2D eigenvalue weighted by Gasteiger charge is -2.38. The fourth-order valence-electron chi connectivity index (χ4n) is 4.65. The van der Waals surface area contributed by atoms with E-state index in [0.29, 0.717) is 24.9 Å². The summed E-state index contributed by atoms with van der Waals surface area (Å²) in [5.41, 5.74) is 1.35. The molecule has 0 amide bonds. The van der Waals surface area contributed by atoms with Gasteiger partial charge in [-0.1, -0.05) is 12.1 Å². The van der Waals surface area contributed by atoms with E-state index >= 15 is 0 Å². The molecule has 3 heterocycles. The third-order valence-electron chi connectivity index (χ3n) is 6.06. The number of aromatic nitrogens is 2. The third kappa shape index (κ3) is 5.38. The number of hydrogen-bond acceptors (Lipinski definition) is 5. The van der Waals surface area contributed by atoms with Gasteiger partial charge in [0.15, 0.2) is 0 Å². The first-order valence-corrected chi connectivity index (χ1v) is 10.9. The van der Waals surface area contributed by atoms with Gasteiger partial charge in [0.2, 0.25) is 0 Å². The molecule has 0 bridgehead atoms. The number of morpholine rings is 1. The van der Waals surface area contributed by atoms with Gasteiger partial charge in [-0.15, -0.1) is 0 Å². The molecule has 3 unspecified atom stereocenters. The molecule has 6 heteroatoms. The number of benzene rings is 1. The smallest absolute Gasteiger partial charge is 0.146 e. The molecular formula is C23H34N4O2. The van der Waals surface area contributed by atoms with E-state index in [1.165, 1.54) is 24.9 Å². The fourth-order valence-corrected chi connectivity index (χ4v) is 4.65. The number of nitrogens with zero attached hydrogens (tertiary/aromatic N) is 4. The maximum absolute atomic E-state index is 5.89. The van der Waals surface area contributed by atoms with Gasteiger partial charge >= 0.3 is 0 Å². The largest absolute Gasteiger partial charge is 0.486 e. The normalized spacial score (nSPS) is 26.1. The quantitative estimate of drug-likeness (QED) is 0.717. The van der Waals surface area contributed by atoms with Crippen LogP contribution < -0.4 is 4.74 Å². The lowest BCUT2D eigenvalue weighted by Crippen LogP contribution is -2.50. The van der Waals surface area contributed by atoms with Gasteiger partial charge in [0, 0.05) is 51.7 Å². The second-order valence-electron chi connectivity index (χ2n) is 8.63. The Morgan fingerprint density at radius 1 is 1.14 bits per heavy atom. The number of imidazole rings is 1. The zero-order chi connectivity index (χ0) is 20.2. The van der Waals surface area contributed by atoms with Crippen LogP contribution in [0.1, 0.15) is 38.1 Å². The van der Waals surface area contributed by atoms with Crippen molar-refractivity contribution >= 4 is 0 Å². The Morgan fingerprint density at radius 2 is 1.90 bits per heavy atom. The highest BCUT2D eigenvalue weighted by Crippen LogP contribution is 2.23. The molecule has 0 N–H and O–H groups in total. The first-order valence-electron chi connectivity index (χ1n) is 10.9. The molecule has 1 aromatic carbocycles. The minimum atomic E-state index is 0.340. The number of aryl methyl sites for hydroxylation is 1. The lowest BCUT2D eigenvalue weighted by molar-refractivity contribution is -0.0724. The van der Waals surface area contributed by atoms with Crippen LogP contribution in [0.5, 0.6) is 5.75 Å². The van der Waals surface area contributed by atoms with Gasteiger partial charge in [0.1, 0.15) is 18.2 Å². The van der Waals surface area contributed by atoms with Crippen LogP contribution >= 0.6 is 0 Å². The minimum Gasteiger partial charge on any atom is -0.486 e. The molecule has 158 valence electrons. The number of hydrogen-bond donors (Lipinski definition) is 0. The zero-order valence-corrected chi connectivity index (χ0v) is 18.0. The van der Waals surface area contributed by atoms with Crippen molar-refractivity contribution in [1.29, 1.82) is 0 Å². The summed E-state index contributed by atoms with van der Waals surface area (Å²) in [6.07, 6.45) is 7.01. The first kappa shape index (κ1) is 20.4. The molecule has 2 saturated heterocycles. The lowest BCUT2D eigenvalue weighted by atomic mass is 10.1. The van der Waals surface area contributed by atoms with Crippen LogP contribution in [-0.4, -0.2) is 63.8 Å². The molecule has 1 aromatic heterocycles. The molecule has 2 fully saturated rings. The molecule has 2 aliphatic heterocycles. The Hall–Kier alpha value is -1.89. The summed E-state index contributed by atoms with van der Waals surface area (Å²) in [5, 5.41) is 0. The summed E-state index contributed by atoms with van der Waals surface area (Å²) >= 11 is 0. The molecule has 0 spiro atoms. The van der Waals surface area contributed by atoms with Crippen molar-refractivity contribution in [3.8, 4) is 5.75 Å². The summed E-state index contributed by atoms with van der Waals surface area (Å²) in [4.78, 5) is 9.54. The minimum absolute atomic E-state index is 0.340. The van der Waals surface area contributed by atoms with Crippen LogP contribution in [0.15, 0.2) is 36.7 Å². The Labute approximate surface area is 174 Å². The molecule has 2 aromatic rings. The Morgan fingerprint density at radius 3 is 2.59 bits per heavy atom. The van der Waals surface area contributed by atoms with Gasteiger partial charge in [-0.05, 0) is 50.9 Å². The predicted molar refractivity (Wildman–Crippen MR) is 114 cm³/mol. The molecule has 3 atom stereocenters. The molecule has 29 heavy (non-hydrogen) atoms. The van der Waals surface area contributed by atoms with E-state index in [0.717, 1.165) is 37.8 Å².